The van der Waals surface area contributed by atoms with Crippen LogP contribution in [0.4, 0.5) is 18.9 Å². The van der Waals surface area contributed by atoms with Crippen LogP contribution in [0.25, 0.3) is 6.08 Å². The van der Waals surface area contributed by atoms with Gasteiger partial charge in [0.1, 0.15) is 0 Å². The molecule has 0 bridgehead atoms. The number of carbonyl (C=O) groups excluding carboxylic acids is 2. The maximum absolute atomic E-state index is 12.8. The molecule has 9 heteroatoms. The highest BCUT2D eigenvalue weighted by Crippen LogP contribution is 2.42. The number of rotatable bonds is 5. The predicted octanol–water partition coefficient (Wildman–Crippen LogP) is 4.11. The summed E-state index contributed by atoms with van der Waals surface area (Å²) in [5, 5.41) is 2.84. The third-order valence-corrected chi connectivity index (χ3v) is 5.78. The molecule has 0 unspecified atom stereocenters. The van der Waals surface area contributed by atoms with Gasteiger partial charge in [0.05, 0.1) is 16.2 Å². The number of carbonyl (C=O) groups is 2. The number of halogens is 3. The minimum absolute atomic E-state index is 0.221. The molecule has 31 heavy (non-hydrogen) atoms. The lowest BCUT2D eigenvalue weighted by Gasteiger charge is -2.27. The van der Waals surface area contributed by atoms with E-state index < -0.39 is 11.7 Å². The zero-order chi connectivity index (χ0) is 22.8. The molecule has 0 radical (unpaired) electrons. The van der Waals surface area contributed by atoms with Crippen LogP contribution in [-0.4, -0.2) is 50.9 Å². The monoisotopic (exact) mass is 449 g/mol. The summed E-state index contributed by atoms with van der Waals surface area (Å²) in [7, 11) is 5.44. The van der Waals surface area contributed by atoms with Crippen LogP contribution in [-0.2, 0) is 11.0 Å². The smallest absolute Gasteiger partial charge is 0.351 e. The normalized spacial score (nSPS) is 15.4. The van der Waals surface area contributed by atoms with Crippen molar-refractivity contribution in [3.8, 4) is 0 Å². The molecule has 1 N–H and O–H groups in total. The summed E-state index contributed by atoms with van der Waals surface area (Å²) < 4.78 is 38.2. The Bertz CT molecular complexity index is 1020. The lowest BCUT2D eigenvalue weighted by Crippen LogP contribution is -2.32. The Morgan fingerprint density at radius 1 is 1.16 bits per heavy atom. The summed E-state index contributed by atoms with van der Waals surface area (Å²) in [5.74, 6) is -0.510. The lowest BCUT2D eigenvalue weighted by atomic mass is 10.1. The van der Waals surface area contributed by atoms with Gasteiger partial charge in [-0.25, -0.2) is 0 Å². The van der Waals surface area contributed by atoms with Crippen LogP contribution in [0.1, 0.15) is 21.5 Å². The van der Waals surface area contributed by atoms with Gasteiger partial charge in [0, 0.05) is 30.6 Å². The second kappa shape index (κ2) is 9.15. The molecular formula is C22H22F3N3O2S. The fourth-order valence-corrected chi connectivity index (χ4v) is 4.04. The molecule has 2 aromatic carbocycles. The highest BCUT2D eigenvalue weighted by Gasteiger charge is 2.30. The number of nitrogens with zero attached hydrogens (tertiary/aromatic N) is 2. The Hall–Kier alpha value is -2.78. The fraction of sp³-hybridized carbons (Fsp3) is 0.273. The Morgan fingerprint density at radius 3 is 2.45 bits per heavy atom. The Balaban J connectivity index is 1.80. The summed E-state index contributed by atoms with van der Waals surface area (Å²) in [6, 6.07) is 9.77. The van der Waals surface area contributed by atoms with Crippen LogP contribution < -0.4 is 10.2 Å². The lowest BCUT2D eigenvalue weighted by molar-refractivity contribution is -0.137. The average Bonchev–Trinajstić information content (AvgIpc) is 2.71. The van der Waals surface area contributed by atoms with E-state index >= 15 is 0 Å². The molecule has 0 aromatic heterocycles. The molecule has 0 atom stereocenters. The first-order chi connectivity index (χ1) is 14.6. The SMILES string of the molecule is CN(C)CCNC(=O)c1ccc2c(c1)N(C)C(=O)C(=Cc1ccc(C(F)(F)F)cc1)S2. The van der Waals surface area contributed by atoms with E-state index in [0.717, 1.165) is 17.0 Å². The maximum atomic E-state index is 12.8. The molecule has 5 nitrogen and oxygen atoms in total. The van der Waals surface area contributed by atoms with Crippen LogP contribution >= 0.6 is 11.8 Å². The van der Waals surface area contributed by atoms with Crippen molar-refractivity contribution < 1.29 is 22.8 Å². The van der Waals surface area contributed by atoms with Gasteiger partial charge in [0.15, 0.2) is 0 Å². The van der Waals surface area contributed by atoms with E-state index in [4.69, 9.17) is 0 Å². The van der Waals surface area contributed by atoms with Gasteiger partial charge >= 0.3 is 6.18 Å². The van der Waals surface area contributed by atoms with Gasteiger partial charge in [-0.15, -0.1) is 0 Å². The maximum Gasteiger partial charge on any atom is 0.416 e. The number of benzene rings is 2. The summed E-state index contributed by atoms with van der Waals surface area (Å²) in [5.41, 5.74) is 0.821. The van der Waals surface area contributed by atoms with Gasteiger partial charge < -0.3 is 15.1 Å². The molecule has 0 aliphatic carbocycles. The molecule has 164 valence electrons. The molecule has 3 rings (SSSR count). The van der Waals surface area contributed by atoms with Crippen LogP contribution in [0, 0.1) is 0 Å². The van der Waals surface area contributed by atoms with E-state index in [9.17, 15) is 22.8 Å². The molecule has 2 amide bonds. The van der Waals surface area contributed by atoms with Crippen molar-refractivity contribution in [1.82, 2.24) is 10.2 Å². The van der Waals surface area contributed by atoms with E-state index in [-0.39, 0.29) is 11.8 Å². The van der Waals surface area contributed by atoms with E-state index in [2.05, 4.69) is 5.32 Å². The Morgan fingerprint density at radius 2 is 1.84 bits per heavy atom. The first-order valence-corrected chi connectivity index (χ1v) is 10.3. The number of hydrogen-bond donors (Lipinski definition) is 1. The van der Waals surface area contributed by atoms with E-state index in [1.54, 1.807) is 31.3 Å². The van der Waals surface area contributed by atoms with E-state index in [0.29, 0.717) is 34.8 Å². The first kappa shape index (κ1) is 22.9. The molecule has 0 spiro atoms. The van der Waals surface area contributed by atoms with Crippen molar-refractivity contribution >= 4 is 35.3 Å². The largest absolute Gasteiger partial charge is 0.416 e. The molecule has 1 heterocycles. The van der Waals surface area contributed by atoms with Crippen molar-refractivity contribution in [1.29, 1.82) is 0 Å². The molecule has 0 fully saturated rings. The van der Waals surface area contributed by atoms with Crippen molar-refractivity contribution in [3.05, 3.63) is 64.1 Å². The quantitative estimate of drug-likeness (QED) is 0.699. The third-order valence-electron chi connectivity index (χ3n) is 4.70. The fourth-order valence-electron chi connectivity index (χ4n) is 2.95. The van der Waals surface area contributed by atoms with Crippen LogP contribution in [0.5, 0.6) is 0 Å². The van der Waals surface area contributed by atoms with E-state index in [1.807, 2.05) is 19.0 Å². The summed E-state index contributed by atoms with van der Waals surface area (Å²) in [6.07, 6.45) is -2.84. The number of thioether (sulfide) groups is 1. The number of fused-ring (bicyclic) bond motifs is 1. The van der Waals surface area contributed by atoms with Crippen molar-refractivity contribution in [2.45, 2.75) is 11.1 Å². The second-order valence-electron chi connectivity index (χ2n) is 7.34. The summed E-state index contributed by atoms with van der Waals surface area (Å²) >= 11 is 1.22. The number of nitrogens with one attached hydrogen (secondary N) is 1. The zero-order valence-corrected chi connectivity index (χ0v) is 18.1. The topological polar surface area (TPSA) is 52.7 Å². The molecule has 2 aromatic rings. The van der Waals surface area contributed by atoms with Crippen LogP contribution in [0.3, 0.4) is 0 Å². The highest BCUT2D eigenvalue weighted by molar-refractivity contribution is 8.04. The standard InChI is InChI=1S/C22H22F3N3O2S/c1-27(2)11-10-26-20(29)15-6-9-18-17(13-15)28(3)21(30)19(31-18)12-14-4-7-16(8-5-14)22(23,24)25/h4-9,12-13H,10-11H2,1-3H3,(H,26,29). The Labute approximate surface area is 182 Å². The van der Waals surface area contributed by atoms with Crippen LogP contribution in [0.15, 0.2) is 52.3 Å². The molecule has 0 saturated carbocycles. The van der Waals surface area contributed by atoms with Crippen molar-refractivity contribution in [2.24, 2.45) is 0 Å². The average molecular weight is 449 g/mol. The van der Waals surface area contributed by atoms with Gasteiger partial charge in [0.2, 0.25) is 0 Å². The van der Waals surface area contributed by atoms with E-state index in [1.165, 1.54) is 28.8 Å². The summed E-state index contributed by atoms with van der Waals surface area (Å²) in [4.78, 5) is 29.7. The van der Waals surface area contributed by atoms with Gasteiger partial charge in [-0.1, -0.05) is 23.9 Å². The number of hydrogen-bond acceptors (Lipinski definition) is 4. The molecule has 1 aliphatic rings. The number of amides is 2. The number of alkyl halides is 3. The third kappa shape index (κ3) is 5.48. The minimum Gasteiger partial charge on any atom is -0.351 e. The molecule has 1 aliphatic heterocycles. The predicted molar refractivity (Wildman–Crippen MR) is 116 cm³/mol. The zero-order valence-electron chi connectivity index (χ0n) is 17.3. The number of likely N-dealkylation sites (N-methyl/N-ethyl adjacent to an activating group) is 2. The van der Waals surface area contributed by atoms with Gasteiger partial charge in [0.25, 0.3) is 11.8 Å². The molecular weight excluding hydrogens is 427 g/mol. The van der Waals surface area contributed by atoms with Gasteiger partial charge in [-0.2, -0.15) is 13.2 Å². The molecule has 0 saturated heterocycles. The van der Waals surface area contributed by atoms with Crippen molar-refractivity contribution in [3.63, 3.8) is 0 Å². The first-order valence-electron chi connectivity index (χ1n) is 9.48. The second-order valence-corrected chi connectivity index (χ2v) is 8.42. The van der Waals surface area contributed by atoms with Gasteiger partial charge in [-0.05, 0) is 56.1 Å². The minimum atomic E-state index is -4.41. The number of anilines is 1. The Kier molecular flexibility index (Phi) is 6.76. The summed E-state index contributed by atoms with van der Waals surface area (Å²) in [6.45, 7) is 1.22. The van der Waals surface area contributed by atoms with Crippen LogP contribution in [0.2, 0.25) is 0 Å². The highest BCUT2D eigenvalue weighted by atomic mass is 32.2. The van der Waals surface area contributed by atoms with Gasteiger partial charge in [-0.3, -0.25) is 9.59 Å². The van der Waals surface area contributed by atoms with Crippen molar-refractivity contribution in [2.75, 3.05) is 39.1 Å².